The molecule has 1 aromatic rings. The maximum absolute atomic E-state index is 12.2. The molecular formula is C16H24N2O3S. The van der Waals surface area contributed by atoms with Crippen LogP contribution in [-0.2, 0) is 14.6 Å². The van der Waals surface area contributed by atoms with Crippen molar-refractivity contribution in [3.63, 3.8) is 0 Å². The van der Waals surface area contributed by atoms with Gasteiger partial charge in [0.15, 0.2) is 9.84 Å². The van der Waals surface area contributed by atoms with E-state index in [4.69, 9.17) is 0 Å². The first-order valence-corrected chi connectivity index (χ1v) is 9.46. The van der Waals surface area contributed by atoms with Crippen molar-refractivity contribution in [3.8, 4) is 0 Å². The Morgan fingerprint density at radius 1 is 1.23 bits per heavy atom. The van der Waals surface area contributed by atoms with Crippen molar-refractivity contribution >= 4 is 21.4 Å². The van der Waals surface area contributed by atoms with E-state index < -0.39 is 9.84 Å². The van der Waals surface area contributed by atoms with E-state index in [2.05, 4.69) is 24.1 Å². The van der Waals surface area contributed by atoms with E-state index >= 15 is 0 Å². The number of likely N-dealkylation sites (tertiary alicyclic amines) is 1. The molecule has 6 heteroatoms. The average molecular weight is 324 g/mol. The normalized spacial score (nSPS) is 23.2. The quantitative estimate of drug-likeness (QED) is 0.920. The van der Waals surface area contributed by atoms with E-state index in [1.54, 1.807) is 18.2 Å². The van der Waals surface area contributed by atoms with Crippen LogP contribution < -0.4 is 5.32 Å². The van der Waals surface area contributed by atoms with Gasteiger partial charge in [0.2, 0.25) is 5.91 Å². The Morgan fingerprint density at radius 3 is 2.41 bits per heavy atom. The lowest BCUT2D eigenvalue weighted by atomic mass is 9.92. The van der Waals surface area contributed by atoms with Gasteiger partial charge in [0.25, 0.3) is 0 Å². The number of carbonyl (C=O) groups excluding carboxylic acids is 1. The summed E-state index contributed by atoms with van der Waals surface area (Å²) >= 11 is 0. The standard InChI is InChI=1S/C16H24N2O3S/c1-12-8-13(2)10-18(9-12)11-16(19)17-14-6-4-5-7-15(14)22(3,20)21/h4-7,12-13H,8-11H2,1-3H3,(H,17,19)/t12-,13-/m0/s1. The predicted octanol–water partition coefficient (Wildman–Crippen LogP) is 2.01. The van der Waals surface area contributed by atoms with Gasteiger partial charge in [0, 0.05) is 19.3 Å². The van der Waals surface area contributed by atoms with Crippen molar-refractivity contribution in [3.05, 3.63) is 24.3 Å². The Kier molecular flexibility index (Phi) is 5.24. The summed E-state index contributed by atoms with van der Waals surface area (Å²) < 4.78 is 23.5. The molecule has 5 nitrogen and oxygen atoms in total. The third kappa shape index (κ3) is 4.55. The number of piperidine rings is 1. The Labute approximate surface area is 132 Å². The lowest BCUT2D eigenvalue weighted by molar-refractivity contribution is -0.117. The summed E-state index contributed by atoms with van der Waals surface area (Å²) in [5.74, 6) is 0.997. The Balaban J connectivity index is 2.04. The van der Waals surface area contributed by atoms with Crippen molar-refractivity contribution in [1.29, 1.82) is 0 Å². The average Bonchev–Trinajstić information content (AvgIpc) is 2.36. The molecule has 122 valence electrons. The van der Waals surface area contributed by atoms with Crippen molar-refractivity contribution in [2.75, 3.05) is 31.2 Å². The molecule has 2 atom stereocenters. The van der Waals surface area contributed by atoms with Crippen molar-refractivity contribution in [1.82, 2.24) is 4.90 Å². The molecule has 0 spiro atoms. The second-order valence-corrected chi connectivity index (χ2v) is 8.44. The Morgan fingerprint density at radius 2 is 1.82 bits per heavy atom. The minimum Gasteiger partial charge on any atom is -0.324 e. The lowest BCUT2D eigenvalue weighted by Crippen LogP contribution is -2.42. The second kappa shape index (κ2) is 6.79. The molecule has 0 radical (unpaired) electrons. The molecule has 0 bridgehead atoms. The SMILES string of the molecule is C[C@H]1C[C@H](C)CN(CC(=O)Nc2ccccc2S(C)(=O)=O)C1. The largest absolute Gasteiger partial charge is 0.324 e. The van der Waals surface area contributed by atoms with Crippen molar-refractivity contribution in [2.24, 2.45) is 11.8 Å². The number of carbonyl (C=O) groups is 1. The minimum absolute atomic E-state index is 0.156. The van der Waals surface area contributed by atoms with Gasteiger partial charge in [0.05, 0.1) is 17.1 Å². The number of hydrogen-bond donors (Lipinski definition) is 1. The zero-order valence-electron chi connectivity index (χ0n) is 13.4. The van der Waals surface area contributed by atoms with Crippen molar-refractivity contribution < 1.29 is 13.2 Å². The highest BCUT2D eigenvalue weighted by Gasteiger charge is 2.23. The van der Waals surface area contributed by atoms with Gasteiger partial charge < -0.3 is 5.32 Å². The predicted molar refractivity (Wildman–Crippen MR) is 87.6 cm³/mol. The second-order valence-electron chi connectivity index (χ2n) is 6.46. The molecule has 1 fully saturated rings. The van der Waals surface area contributed by atoms with E-state index in [1.807, 2.05) is 0 Å². The van der Waals surface area contributed by atoms with Gasteiger partial charge in [-0.2, -0.15) is 0 Å². The number of anilines is 1. The molecule has 1 N–H and O–H groups in total. The van der Waals surface area contributed by atoms with Crippen LogP contribution in [0.25, 0.3) is 0 Å². The summed E-state index contributed by atoms with van der Waals surface area (Å²) in [4.78, 5) is 14.5. The molecule has 0 saturated carbocycles. The topological polar surface area (TPSA) is 66.5 Å². The molecular weight excluding hydrogens is 300 g/mol. The summed E-state index contributed by atoms with van der Waals surface area (Å²) in [5, 5.41) is 2.73. The van der Waals surface area contributed by atoms with Gasteiger partial charge in [0.1, 0.15) is 0 Å². The molecule has 1 heterocycles. The highest BCUT2D eigenvalue weighted by atomic mass is 32.2. The maximum atomic E-state index is 12.2. The van der Waals surface area contributed by atoms with Crippen LogP contribution in [0.1, 0.15) is 20.3 Å². The smallest absolute Gasteiger partial charge is 0.238 e. The molecule has 1 aliphatic rings. The number of benzene rings is 1. The zero-order chi connectivity index (χ0) is 16.3. The van der Waals surface area contributed by atoms with Gasteiger partial charge in [-0.05, 0) is 30.4 Å². The molecule has 1 aromatic carbocycles. The van der Waals surface area contributed by atoms with E-state index in [9.17, 15) is 13.2 Å². The summed E-state index contributed by atoms with van der Waals surface area (Å²) in [6, 6.07) is 6.50. The molecule has 0 aliphatic carbocycles. The van der Waals surface area contributed by atoms with Crippen LogP contribution in [0.4, 0.5) is 5.69 Å². The molecule has 1 saturated heterocycles. The van der Waals surface area contributed by atoms with Gasteiger partial charge in [-0.1, -0.05) is 26.0 Å². The van der Waals surface area contributed by atoms with Crippen LogP contribution in [0, 0.1) is 11.8 Å². The van der Waals surface area contributed by atoms with E-state index in [0.29, 0.717) is 24.1 Å². The molecule has 0 aromatic heterocycles. The molecule has 22 heavy (non-hydrogen) atoms. The number of para-hydroxylation sites is 1. The van der Waals surface area contributed by atoms with Gasteiger partial charge in [-0.25, -0.2) is 8.42 Å². The number of nitrogens with zero attached hydrogens (tertiary/aromatic N) is 1. The monoisotopic (exact) mass is 324 g/mol. The summed E-state index contributed by atoms with van der Waals surface area (Å²) in [5.41, 5.74) is 0.355. The summed E-state index contributed by atoms with van der Waals surface area (Å²) in [6.45, 7) is 6.50. The minimum atomic E-state index is -3.36. The lowest BCUT2D eigenvalue weighted by Gasteiger charge is -2.34. The fourth-order valence-electron chi connectivity index (χ4n) is 3.21. The number of rotatable bonds is 4. The molecule has 0 unspecified atom stereocenters. The molecule has 1 amide bonds. The molecule has 1 aliphatic heterocycles. The van der Waals surface area contributed by atoms with Crippen LogP contribution in [0.15, 0.2) is 29.2 Å². The molecule has 2 rings (SSSR count). The van der Waals surface area contributed by atoms with Crippen LogP contribution in [0.2, 0.25) is 0 Å². The first kappa shape index (κ1) is 17.0. The number of sulfone groups is 1. The van der Waals surface area contributed by atoms with Crippen LogP contribution in [-0.4, -0.2) is 45.1 Å². The van der Waals surface area contributed by atoms with Gasteiger partial charge in [-0.15, -0.1) is 0 Å². The zero-order valence-corrected chi connectivity index (χ0v) is 14.2. The van der Waals surface area contributed by atoms with Crippen LogP contribution >= 0.6 is 0 Å². The third-order valence-corrected chi connectivity index (χ3v) is 5.03. The first-order valence-electron chi connectivity index (χ1n) is 7.57. The van der Waals surface area contributed by atoms with E-state index in [1.165, 1.54) is 12.5 Å². The third-order valence-electron chi connectivity index (χ3n) is 3.87. The Bertz CT molecular complexity index is 633. The number of amides is 1. The highest BCUT2D eigenvalue weighted by Crippen LogP contribution is 2.22. The fraction of sp³-hybridized carbons (Fsp3) is 0.562. The van der Waals surface area contributed by atoms with Crippen LogP contribution in [0.3, 0.4) is 0 Å². The number of hydrogen-bond acceptors (Lipinski definition) is 4. The summed E-state index contributed by atoms with van der Waals surface area (Å²) in [7, 11) is -3.36. The fourth-order valence-corrected chi connectivity index (χ4v) is 4.05. The Hall–Kier alpha value is -1.40. The highest BCUT2D eigenvalue weighted by molar-refractivity contribution is 7.90. The van der Waals surface area contributed by atoms with E-state index in [-0.39, 0.29) is 10.8 Å². The first-order chi connectivity index (χ1) is 10.3. The van der Waals surface area contributed by atoms with Crippen LogP contribution in [0.5, 0.6) is 0 Å². The van der Waals surface area contributed by atoms with Crippen molar-refractivity contribution in [2.45, 2.75) is 25.2 Å². The van der Waals surface area contributed by atoms with E-state index in [0.717, 1.165) is 19.3 Å². The number of nitrogens with one attached hydrogen (secondary N) is 1. The maximum Gasteiger partial charge on any atom is 0.238 e. The summed E-state index contributed by atoms with van der Waals surface area (Å²) in [6.07, 6.45) is 2.33. The van der Waals surface area contributed by atoms with Gasteiger partial charge in [-0.3, -0.25) is 9.69 Å². The van der Waals surface area contributed by atoms with Gasteiger partial charge >= 0.3 is 0 Å².